The molecule has 2 nitrogen and oxygen atoms in total. The number of nitrogens with zero attached hydrogens (tertiary/aromatic N) is 2. The zero-order valence-corrected chi connectivity index (χ0v) is 36.3. The van der Waals surface area contributed by atoms with Crippen LogP contribution >= 0.6 is 0 Å². The minimum absolute atomic E-state index is 1.08. The fraction of sp³-hybridized carbons (Fsp3) is 0. The molecule has 310 valence electrons. The van der Waals surface area contributed by atoms with E-state index in [9.17, 15) is 0 Å². The summed E-state index contributed by atoms with van der Waals surface area (Å²) in [4.78, 5) is 2.38. The van der Waals surface area contributed by atoms with Crippen LogP contribution in [-0.2, 0) is 0 Å². The van der Waals surface area contributed by atoms with Crippen molar-refractivity contribution < 1.29 is 0 Å². The van der Waals surface area contributed by atoms with Gasteiger partial charge in [-0.2, -0.15) is 0 Å². The van der Waals surface area contributed by atoms with Gasteiger partial charge < -0.3 is 9.47 Å². The van der Waals surface area contributed by atoms with Crippen LogP contribution in [0, 0.1) is 0 Å². The van der Waals surface area contributed by atoms with Crippen molar-refractivity contribution in [2.75, 3.05) is 4.90 Å². The normalized spacial score (nSPS) is 11.3. The van der Waals surface area contributed by atoms with Crippen molar-refractivity contribution in [2.24, 2.45) is 0 Å². The third-order valence-corrected chi connectivity index (χ3v) is 13.0. The summed E-state index contributed by atoms with van der Waals surface area (Å²) in [5, 5.41) is 4.99. The fourth-order valence-corrected chi connectivity index (χ4v) is 9.72. The Balaban J connectivity index is 0.932. The summed E-state index contributed by atoms with van der Waals surface area (Å²) in [6.45, 7) is 0. The minimum atomic E-state index is 1.08. The van der Waals surface area contributed by atoms with Crippen LogP contribution in [0.5, 0.6) is 0 Å². The first-order chi connectivity index (χ1) is 32.7. The second kappa shape index (κ2) is 16.8. The average Bonchev–Trinajstić information content (AvgIpc) is 3.73. The summed E-state index contributed by atoms with van der Waals surface area (Å²) < 4.78 is 2.37. The van der Waals surface area contributed by atoms with E-state index < -0.39 is 0 Å². The highest BCUT2D eigenvalue weighted by Crippen LogP contribution is 2.41. The SMILES string of the molecule is c1ccc(-c2ccccc2-c2cccc(N(c3ccc(-c4cccc(-c5ccc6ccccc6c5)c4)cc3)c3ccc(-c4ccc5c(c4)c4ccccc4n5-c4ccccc4)cc3)c2)cc1. The molecule has 0 radical (unpaired) electrons. The van der Waals surface area contributed by atoms with Gasteiger partial charge in [0.1, 0.15) is 0 Å². The van der Waals surface area contributed by atoms with Crippen molar-refractivity contribution in [2.45, 2.75) is 0 Å². The summed E-state index contributed by atoms with van der Waals surface area (Å²) in [6, 6.07) is 96.8. The maximum absolute atomic E-state index is 2.38. The van der Waals surface area contributed by atoms with Crippen LogP contribution in [0.2, 0.25) is 0 Å². The Kier molecular flexibility index (Phi) is 9.89. The van der Waals surface area contributed by atoms with Crippen LogP contribution < -0.4 is 4.90 Å². The van der Waals surface area contributed by atoms with Gasteiger partial charge in [0.25, 0.3) is 0 Å². The van der Waals surface area contributed by atoms with E-state index in [0.29, 0.717) is 0 Å². The highest BCUT2D eigenvalue weighted by atomic mass is 15.1. The summed E-state index contributed by atoms with van der Waals surface area (Å²) in [7, 11) is 0. The van der Waals surface area contributed by atoms with E-state index in [1.807, 2.05) is 0 Å². The molecule has 1 heterocycles. The molecule has 0 spiro atoms. The van der Waals surface area contributed by atoms with Gasteiger partial charge in [0.2, 0.25) is 0 Å². The maximum atomic E-state index is 2.38. The van der Waals surface area contributed by atoms with Gasteiger partial charge in [-0.15, -0.1) is 0 Å². The lowest BCUT2D eigenvalue weighted by atomic mass is 9.94. The number of hydrogen-bond donors (Lipinski definition) is 0. The van der Waals surface area contributed by atoms with E-state index in [1.165, 1.54) is 88.2 Å². The van der Waals surface area contributed by atoms with Crippen molar-refractivity contribution in [3.05, 3.63) is 267 Å². The molecule has 0 fully saturated rings. The Morgan fingerprint density at radius 3 is 1.48 bits per heavy atom. The van der Waals surface area contributed by atoms with Crippen LogP contribution in [0.3, 0.4) is 0 Å². The Bertz CT molecular complexity index is 3680. The first-order valence-corrected chi connectivity index (χ1v) is 22.7. The summed E-state index contributed by atoms with van der Waals surface area (Å²) in [6.07, 6.45) is 0. The molecule has 0 aliphatic carbocycles. The van der Waals surface area contributed by atoms with E-state index >= 15 is 0 Å². The number of benzene rings is 11. The van der Waals surface area contributed by atoms with Gasteiger partial charge in [0, 0.05) is 33.5 Å². The lowest BCUT2D eigenvalue weighted by Crippen LogP contribution is -2.10. The largest absolute Gasteiger partial charge is 0.310 e. The van der Waals surface area contributed by atoms with Crippen molar-refractivity contribution in [1.29, 1.82) is 0 Å². The molecule has 0 aliphatic rings. The molecule has 11 aromatic carbocycles. The van der Waals surface area contributed by atoms with Gasteiger partial charge >= 0.3 is 0 Å². The Morgan fingerprint density at radius 2 is 0.742 bits per heavy atom. The summed E-state index contributed by atoms with van der Waals surface area (Å²) in [5.74, 6) is 0. The number of aromatic nitrogens is 1. The number of anilines is 3. The van der Waals surface area contributed by atoms with Crippen LogP contribution in [0.15, 0.2) is 267 Å². The predicted molar refractivity (Wildman–Crippen MR) is 280 cm³/mol. The Hall–Kier alpha value is -8.72. The topological polar surface area (TPSA) is 8.17 Å². The molecule has 12 aromatic rings. The quantitative estimate of drug-likeness (QED) is 0.141. The van der Waals surface area contributed by atoms with Crippen molar-refractivity contribution in [1.82, 2.24) is 4.57 Å². The predicted octanol–water partition coefficient (Wildman–Crippen LogP) is 17.7. The molecule has 0 unspecified atom stereocenters. The van der Waals surface area contributed by atoms with Gasteiger partial charge in [-0.1, -0.05) is 188 Å². The van der Waals surface area contributed by atoms with E-state index in [4.69, 9.17) is 0 Å². The minimum Gasteiger partial charge on any atom is -0.310 e. The van der Waals surface area contributed by atoms with E-state index in [2.05, 4.69) is 276 Å². The molecular formula is C64H44N2. The molecular weight excluding hydrogens is 797 g/mol. The molecule has 0 N–H and O–H groups in total. The monoisotopic (exact) mass is 840 g/mol. The third kappa shape index (κ3) is 7.21. The summed E-state index contributed by atoms with van der Waals surface area (Å²) >= 11 is 0. The van der Waals surface area contributed by atoms with Crippen molar-refractivity contribution in [3.8, 4) is 61.3 Å². The summed E-state index contributed by atoms with van der Waals surface area (Å²) in [5.41, 5.74) is 18.7. The molecule has 0 saturated heterocycles. The van der Waals surface area contributed by atoms with Gasteiger partial charge in [-0.3, -0.25) is 0 Å². The molecule has 0 bridgehead atoms. The molecule has 2 heteroatoms. The number of rotatable bonds is 9. The van der Waals surface area contributed by atoms with Crippen LogP contribution in [0.4, 0.5) is 17.1 Å². The third-order valence-electron chi connectivity index (χ3n) is 13.0. The molecule has 12 rings (SSSR count). The zero-order chi connectivity index (χ0) is 43.8. The van der Waals surface area contributed by atoms with Crippen LogP contribution in [0.25, 0.3) is 93.9 Å². The first-order valence-electron chi connectivity index (χ1n) is 22.7. The number of fused-ring (bicyclic) bond motifs is 4. The maximum Gasteiger partial charge on any atom is 0.0541 e. The van der Waals surface area contributed by atoms with Gasteiger partial charge in [-0.05, 0) is 145 Å². The average molecular weight is 841 g/mol. The molecule has 0 saturated carbocycles. The van der Waals surface area contributed by atoms with Gasteiger partial charge in [0.05, 0.1) is 11.0 Å². The van der Waals surface area contributed by atoms with Crippen LogP contribution in [0.1, 0.15) is 0 Å². The Morgan fingerprint density at radius 1 is 0.242 bits per heavy atom. The van der Waals surface area contributed by atoms with E-state index in [0.717, 1.165) is 22.7 Å². The fourth-order valence-electron chi connectivity index (χ4n) is 9.72. The molecule has 0 amide bonds. The van der Waals surface area contributed by atoms with Gasteiger partial charge in [0.15, 0.2) is 0 Å². The molecule has 0 aliphatic heterocycles. The molecule has 66 heavy (non-hydrogen) atoms. The second-order valence-corrected chi connectivity index (χ2v) is 17.0. The second-order valence-electron chi connectivity index (χ2n) is 17.0. The van der Waals surface area contributed by atoms with Crippen molar-refractivity contribution in [3.63, 3.8) is 0 Å². The number of para-hydroxylation sites is 2. The van der Waals surface area contributed by atoms with Gasteiger partial charge in [-0.25, -0.2) is 0 Å². The zero-order valence-electron chi connectivity index (χ0n) is 36.3. The van der Waals surface area contributed by atoms with Crippen LogP contribution in [-0.4, -0.2) is 4.57 Å². The molecule has 1 aromatic heterocycles. The molecule has 0 atom stereocenters. The lowest BCUT2D eigenvalue weighted by Gasteiger charge is -2.26. The number of hydrogen-bond acceptors (Lipinski definition) is 1. The Labute approximate surface area is 385 Å². The van der Waals surface area contributed by atoms with Crippen molar-refractivity contribution >= 4 is 49.6 Å². The lowest BCUT2D eigenvalue weighted by molar-refractivity contribution is 1.18. The first kappa shape index (κ1) is 38.9. The highest BCUT2D eigenvalue weighted by molar-refractivity contribution is 6.10. The smallest absolute Gasteiger partial charge is 0.0541 e. The van der Waals surface area contributed by atoms with E-state index in [1.54, 1.807) is 0 Å². The standard InChI is InChI=1S/C64H44N2/c1-3-16-48(17-4-1)59-25-9-10-26-60(59)54-21-14-24-58(43-54)65(56-36-31-46(32-37-56)50-19-13-20-51(41-50)52-30-29-45-15-7-8-18-49(45)42-52)57-38-33-47(34-39-57)53-35-40-64-62(44-53)61-27-11-12-28-63(61)66(64)55-22-5-2-6-23-55/h1-44H. The highest BCUT2D eigenvalue weighted by Gasteiger charge is 2.17. The van der Waals surface area contributed by atoms with E-state index in [-0.39, 0.29) is 0 Å².